The molecule has 2 rings (SSSR count). The Morgan fingerprint density at radius 2 is 1.74 bits per heavy atom. The fourth-order valence-electron chi connectivity index (χ4n) is 2.07. The first-order chi connectivity index (χ1) is 10.8. The topological polar surface area (TPSA) is 12.5 Å². The Morgan fingerprint density at radius 3 is 2.35 bits per heavy atom. The average molecular weight is 331 g/mol. The van der Waals surface area contributed by atoms with Gasteiger partial charge in [-0.1, -0.05) is 12.1 Å². The standard InChI is InChI=1S/C16H14F5NO/c1-3-23-22(11-6-4-5-10(2)9-11)16(20,21)12-7-8-13(17)15(19)14(12)18/h4-9H,3H2,1-2H3. The molecule has 0 amide bonds. The highest BCUT2D eigenvalue weighted by Gasteiger charge is 2.44. The fourth-order valence-corrected chi connectivity index (χ4v) is 2.07. The zero-order valence-electron chi connectivity index (χ0n) is 12.4. The maximum atomic E-state index is 14.7. The molecule has 0 fully saturated rings. The molecule has 0 aromatic heterocycles. The van der Waals surface area contributed by atoms with Crippen molar-refractivity contribution in [1.29, 1.82) is 0 Å². The first kappa shape index (κ1) is 17.2. The molecule has 0 bridgehead atoms. The van der Waals surface area contributed by atoms with Crippen molar-refractivity contribution in [2.75, 3.05) is 11.7 Å². The van der Waals surface area contributed by atoms with Crippen molar-refractivity contribution in [3.05, 3.63) is 65.0 Å². The Morgan fingerprint density at radius 1 is 1.04 bits per heavy atom. The molecule has 0 radical (unpaired) electrons. The van der Waals surface area contributed by atoms with Crippen LogP contribution < -0.4 is 5.06 Å². The molecule has 0 atom stereocenters. The Kier molecular flexibility index (Phi) is 4.89. The van der Waals surface area contributed by atoms with Crippen LogP contribution in [0.2, 0.25) is 0 Å². The minimum atomic E-state index is -4.04. The minimum absolute atomic E-state index is 0.0408. The molecular formula is C16H14F5NO. The van der Waals surface area contributed by atoms with Crippen molar-refractivity contribution in [3.63, 3.8) is 0 Å². The summed E-state index contributed by atoms with van der Waals surface area (Å²) in [6.07, 6.45) is 0. The number of halogens is 5. The number of hydroxylamine groups is 1. The van der Waals surface area contributed by atoms with Crippen LogP contribution in [0.5, 0.6) is 0 Å². The van der Waals surface area contributed by atoms with Gasteiger partial charge >= 0.3 is 6.05 Å². The van der Waals surface area contributed by atoms with Gasteiger partial charge < -0.3 is 0 Å². The van der Waals surface area contributed by atoms with Crippen molar-refractivity contribution in [2.24, 2.45) is 0 Å². The number of anilines is 1. The molecule has 7 heteroatoms. The monoisotopic (exact) mass is 331 g/mol. The van der Waals surface area contributed by atoms with E-state index in [9.17, 15) is 22.0 Å². The summed E-state index contributed by atoms with van der Waals surface area (Å²) >= 11 is 0. The van der Waals surface area contributed by atoms with E-state index >= 15 is 0 Å². The zero-order chi connectivity index (χ0) is 17.2. The maximum Gasteiger partial charge on any atom is 0.377 e. The number of benzene rings is 2. The van der Waals surface area contributed by atoms with E-state index in [1.807, 2.05) is 0 Å². The second kappa shape index (κ2) is 6.54. The van der Waals surface area contributed by atoms with Gasteiger partial charge in [-0.05, 0) is 43.7 Å². The number of hydrogen-bond acceptors (Lipinski definition) is 2. The van der Waals surface area contributed by atoms with E-state index in [2.05, 4.69) is 0 Å². The predicted octanol–water partition coefficient (Wildman–Crippen LogP) is 4.92. The Labute approximate surface area is 130 Å². The highest BCUT2D eigenvalue weighted by molar-refractivity contribution is 5.49. The molecule has 0 aliphatic rings. The van der Waals surface area contributed by atoms with Gasteiger partial charge in [-0.3, -0.25) is 4.84 Å². The molecule has 2 nitrogen and oxygen atoms in total. The van der Waals surface area contributed by atoms with Crippen LogP contribution in [-0.2, 0) is 10.9 Å². The van der Waals surface area contributed by atoms with Gasteiger partial charge in [0.2, 0.25) is 0 Å². The lowest BCUT2D eigenvalue weighted by molar-refractivity contribution is -0.107. The molecule has 0 unspecified atom stereocenters. The minimum Gasteiger partial charge on any atom is -0.268 e. The molecule has 0 N–H and O–H groups in total. The van der Waals surface area contributed by atoms with Crippen LogP contribution in [0.3, 0.4) is 0 Å². The van der Waals surface area contributed by atoms with E-state index in [0.29, 0.717) is 17.7 Å². The molecule has 2 aromatic rings. The van der Waals surface area contributed by atoms with Gasteiger partial charge in [0.05, 0.1) is 17.9 Å². The van der Waals surface area contributed by atoms with Gasteiger partial charge in [-0.25, -0.2) is 13.2 Å². The molecule has 0 heterocycles. The maximum absolute atomic E-state index is 14.7. The third-order valence-electron chi connectivity index (χ3n) is 3.11. The number of alkyl halides is 2. The summed E-state index contributed by atoms with van der Waals surface area (Å²) in [7, 11) is 0. The summed E-state index contributed by atoms with van der Waals surface area (Å²) in [5, 5.41) is 0.190. The average Bonchev–Trinajstić information content (AvgIpc) is 2.50. The fraction of sp³-hybridized carbons (Fsp3) is 0.250. The lowest BCUT2D eigenvalue weighted by Crippen LogP contribution is -2.40. The van der Waals surface area contributed by atoms with Gasteiger partial charge in [-0.15, -0.1) is 0 Å². The van der Waals surface area contributed by atoms with Gasteiger partial charge in [-0.2, -0.15) is 13.8 Å². The van der Waals surface area contributed by atoms with E-state index < -0.39 is 29.1 Å². The van der Waals surface area contributed by atoms with Gasteiger partial charge in [0.25, 0.3) is 0 Å². The van der Waals surface area contributed by atoms with Gasteiger partial charge in [0, 0.05) is 0 Å². The molecule has 2 aromatic carbocycles. The summed E-state index contributed by atoms with van der Waals surface area (Å²) in [5.41, 5.74) is -0.680. The van der Waals surface area contributed by atoms with Crippen LogP contribution in [0.4, 0.5) is 27.6 Å². The van der Waals surface area contributed by atoms with Crippen LogP contribution in [0.1, 0.15) is 18.1 Å². The van der Waals surface area contributed by atoms with E-state index in [4.69, 9.17) is 4.84 Å². The van der Waals surface area contributed by atoms with Crippen molar-refractivity contribution < 1.29 is 26.8 Å². The van der Waals surface area contributed by atoms with Crippen LogP contribution in [0, 0.1) is 24.4 Å². The number of nitrogens with zero attached hydrogens (tertiary/aromatic N) is 1. The third kappa shape index (κ3) is 3.29. The Bertz CT molecular complexity index is 705. The summed E-state index contributed by atoms with van der Waals surface area (Å²) in [5.74, 6) is -5.45. The van der Waals surface area contributed by atoms with E-state index in [-0.39, 0.29) is 17.4 Å². The largest absolute Gasteiger partial charge is 0.377 e. The summed E-state index contributed by atoms with van der Waals surface area (Å²) in [4.78, 5) is 4.93. The molecule has 124 valence electrons. The number of rotatable bonds is 5. The quantitative estimate of drug-likeness (QED) is 0.334. The third-order valence-corrected chi connectivity index (χ3v) is 3.11. The Hall–Kier alpha value is -2.15. The van der Waals surface area contributed by atoms with E-state index in [1.54, 1.807) is 13.0 Å². The zero-order valence-corrected chi connectivity index (χ0v) is 12.4. The molecule has 0 saturated heterocycles. The van der Waals surface area contributed by atoms with Crippen molar-refractivity contribution in [2.45, 2.75) is 19.9 Å². The highest BCUT2D eigenvalue weighted by Crippen LogP contribution is 2.38. The molecule has 0 aliphatic carbocycles. The van der Waals surface area contributed by atoms with Crippen LogP contribution >= 0.6 is 0 Å². The lowest BCUT2D eigenvalue weighted by Gasteiger charge is -2.32. The number of hydrogen-bond donors (Lipinski definition) is 0. The van der Waals surface area contributed by atoms with Crippen LogP contribution in [0.15, 0.2) is 36.4 Å². The molecule has 23 heavy (non-hydrogen) atoms. The van der Waals surface area contributed by atoms with Crippen molar-refractivity contribution in [3.8, 4) is 0 Å². The van der Waals surface area contributed by atoms with Crippen LogP contribution in [0.25, 0.3) is 0 Å². The summed E-state index contributed by atoms with van der Waals surface area (Å²) in [6.45, 7) is 3.03. The van der Waals surface area contributed by atoms with Crippen molar-refractivity contribution >= 4 is 5.69 Å². The molecular weight excluding hydrogens is 317 g/mol. The molecule has 0 aliphatic heterocycles. The Balaban J connectivity index is 2.55. The van der Waals surface area contributed by atoms with Gasteiger partial charge in [0.1, 0.15) is 0 Å². The second-order valence-corrected chi connectivity index (χ2v) is 4.82. The summed E-state index contributed by atoms with van der Waals surface area (Å²) < 4.78 is 69.4. The number of aryl methyl sites for hydroxylation is 1. The SMILES string of the molecule is CCON(c1cccc(C)c1)C(F)(F)c1ccc(F)c(F)c1F. The summed E-state index contributed by atoms with van der Waals surface area (Å²) in [6, 6.07) is 2.86. The van der Waals surface area contributed by atoms with E-state index in [1.165, 1.54) is 25.1 Å². The van der Waals surface area contributed by atoms with E-state index in [0.717, 1.165) is 0 Å². The smallest absolute Gasteiger partial charge is 0.268 e. The first-order valence-corrected chi connectivity index (χ1v) is 6.80. The molecule has 0 saturated carbocycles. The second-order valence-electron chi connectivity index (χ2n) is 4.82. The normalized spacial score (nSPS) is 11.6. The highest BCUT2D eigenvalue weighted by atomic mass is 19.3. The molecule has 0 spiro atoms. The lowest BCUT2D eigenvalue weighted by atomic mass is 10.1. The predicted molar refractivity (Wildman–Crippen MR) is 75.5 cm³/mol. The van der Waals surface area contributed by atoms with Crippen LogP contribution in [-0.4, -0.2) is 6.61 Å². The van der Waals surface area contributed by atoms with Crippen molar-refractivity contribution in [1.82, 2.24) is 0 Å². The van der Waals surface area contributed by atoms with Gasteiger partial charge in [0.15, 0.2) is 17.5 Å². The first-order valence-electron chi connectivity index (χ1n) is 6.80.